The molecule has 0 radical (unpaired) electrons. The minimum Gasteiger partial charge on any atom is -0.267 e. The van der Waals surface area contributed by atoms with Gasteiger partial charge in [-0.3, -0.25) is 4.79 Å². The third-order valence-electron chi connectivity index (χ3n) is 3.58. The van der Waals surface area contributed by atoms with Gasteiger partial charge in [-0.2, -0.15) is 10.4 Å². The van der Waals surface area contributed by atoms with Crippen LogP contribution in [0.2, 0.25) is 0 Å². The lowest BCUT2D eigenvalue weighted by molar-refractivity contribution is 0.952. The zero-order valence-electron chi connectivity index (χ0n) is 12.0. The summed E-state index contributed by atoms with van der Waals surface area (Å²) in [6, 6.07) is 16.2. The molecular weight excluding hydrogens is 274 g/mol. The number of aromatic amines is 1. The van der Waals surface area contributed by atoms with Crippen LogP contribution in [0.15, 0.2) is 47.3 Å². The third-order valence-corrected chi connectivity index (χ3v) is 3.58. The van der Waals surface area contributed by atoms with E-state index in [-0.39, 0.29) is 5.56 Å². The quantitative estimate of drug-likeness (QED) is 0.786. The highest BCUT2D eigenvalue weighted by atomic mass is 16.1. The van der Waals surface area contributed by atoms with Gasteiger partial charge in [0.1, 0.15) is 11.6 Å². The number of aromatic nitrogens is 2. The number of fused-ring (bicyclic) bond motifs is 1. The number of H-pyrrole nitrogens is 1. The van der Waals surface area contributed by atoms with Crippen molar-refractivity contribution in [3.8, 4) is 6.07 Å². The van der Waals surface area contributed by atoms with Gasteiger partial charge in [-0.05, 0) is 41.0 Å². The van der Waals surface area contributed by atoms with E-state index in [2.05, 4.69) is 34.5 Å². The fourth-order valence-electron chi connectivity index (χ4n) is 2.33. The van der Waals surface area contributed by atoms with Crippen molar-refractivity contribution >= 4 is 22.9 Å². The molecule has 0 saturated heterocycles. The average molecular weight is 287 g/mol. The maximum absolute atomic E-state index is 11.5. The molecule has 0 bridgehead atoms. The van der Waals surface area contributed by atoms with Crippen molar-refractivity contribution in [1.82, 2.24) is 10.2 Å². The molecule has 1 aromatic heterocycles. The molecule has 1 heterocycles. The standard InChI is InChI=1S/C18H13N3O/c1-12-16(11-19)18(22)21-20-17(12)9-7-13-6-8-14-4-2-3-5-15(14)10-13/h2-10H,1H3,(H,21,22)/b9-7+. The Balaban J connectivity index is 2.00. The highest BCUT2D eigenvalue weighted by Crippen LogP contribution is 2.17. The third kappa shape index (κ3) is 2.52. The van der Waals surface area contributed by atoms with Gasteiger partial charge >= 0.3 is 0 Å². The molecule has 106 valence electrons. The second-order valence-electron chi connectivity index (χ2n) is 4.99. The largest absolute Gasteiger partial charge is 0.282 e. The highest BCUT2D eigenvalue weighted by Gasteiger charge is 2.07. The summed E-state index contributed by atoms with van der Waals surface area (Å²) in [5.74, 6) is 0. The summed E-state index contributed by atoms with van der Waals surface area (Å²) in [6.45, 7) is 1.72. The van der Waals surface area contributed by atoms with Gasteiger partial charge in [-0.25, -0.2) is 5.10 Å². The summed E-state index contributed by atoms with van der Waals surface area (Å²) >= 11 is 0. The SMILES string of the molecule is Cc1c(/C=C/c2ccc3ccccc3c2)n[nH]c(=O)c1C#N. The Kier molecular flexibility index (Phi) is 3.55. The predicted octanol–water partition coefficient (Wildman–Crippen LogP) is 3.27. The second kappa shape index (κ2) is 5.66. The van der Waals surface area contributed by atoms with Crippen LogP contribution in [0.3, 0.4) is 0 Å². The molecule has 4 nitrogen and oxygen atoms in total. The summed E-state index contributed by atoms with van der Waals surface area (Å²) < 4.78 is 0. The maximum Gasteiger partial charge on any atom is 0.282 e. The number of nitrogens with one attached hydrogen (secondary N) is 1. The lowest BCUT2D eigenvalue weighted by atomic mass is 10.1. The van der Waals surface area contributed by atoms with Crippen molar-refractivity contribution in [1.29, 1.82) is 5.26 Å². The Hall–Kier alpha value is -3.19. The zero-order chi connectivity index (χ0) is 15.5. The first kappa shape index (κ1) is 13.8. The van der Waals surface area contributed by atoms with Crippen LogP contribution in [0, 0.1) is 18.3 Å². The molecule has 0 amide bonds. The van der Waals surface area contributed by atoms with Gasteiger partial charge in [0.2, 0.25) is 0 Å². The fourth-order valence-corrected chi connectivity index (χ4v) is 2.33. The Morgan fingerprint density at radius 3 is 2.68 bits per heavy atom. The van der Waals surface area contributed by atoms with Crippen molar-refractivity contribution in [3.63, 3.8) is 0 Å². The van der Waals surface area contributed by atoms with Crippen molar-refractivity contribution in [2.75, 3.05) is 0 Å². The molecule has 0 atom stereocenters. The number of benzene rings is 2. The van der Waals surface area contributed by atoms with Crippen LogP contribution in [-0.4, -0.2) is 10.2 Å². The summed E-state index contributed by atoms with van der Waals surface area (Å²) in [4.78, 5) is 11.5. The molecule has 0 unspecified atom stereocenters. The van der Waals surface area contributed by atoms with E-state index >= 15 is 0 Å². The van der Waals surface area contributed by atoms with Crippen LogP contribution < -0.4 is 5.56 Å². The molecule has 0 saturated carbocycles. The normalized spacial score (nSPS) is 10.9. The average Bonchev–Trinajstić information content (AvgIpc) is 2.54. The van der Waals surface area contributed by atoms with E-state index in [1.54, 1.807) is 13.0 Å². The summed E-state index contributed by atoms with van der Waals surface area (Å²) in [5.41, 5.74) is 1.85. The maximum atomic E-state index is 11.5. The molecule has 0 aliphatic rings. The first-order valence-corrected chi connectivity index (χ1v) is 6.85. The second-order valence-corrected chi connectivity index (χ2v) is 4.99. The lowest BCUT2D eigenvalue weighted by Gasteiger charge is -2.01. The lowest BCUT2D eigenvalue weighted by Crippen LogP contribution is -2.15. The van der Waals surface area contributed by atoms with Gasteiger partial charge in [0.05, 0.1) is 5.69 Å². The number of hydrogen-bond acceptors (Lipinski definition) is 3. The van der Waals surface area contributed by atoms with E-state index in [1.165, 1.54) is 5.39 Å². The molecule has 0 aliphatic heterocycles. The van der Waals surface area contributed by atoms with Gasteiger partial charge < -0.3 is 0 Å². The molecule has 3 rings (SSSR count). The van der Waals surface area contributed by atoms with Crippen LogP contribution in [0.5, 0.6) is 0 Å². The van der Waals surface area contributed by atoms with Crippen molar-refractivity contribution < 1.29 is 0 Å². The van der Waals surface area contributed by atoms with Crippen LogP contribution >= 0.6 is 0 Å². The van der Waals surface area contributed by atoms with Gasteiger partial charge in [0.25, 0.3) is 5.56 Å². The van der Waals surface area contributed by atoms with E-state index in [4.69, 9.17) is 5.26 Å². The van der Waals surface area contributed by atoms with E-state index in [0.29, 0.717) is 11.3 Å². The van der Waals surface area contributed by atoms with E-state index in [9.17, 15) is 4.79 Å². The minimum atomic E-state index is -0.456. The minimum absolute atomic E-state index is 0.105. The van der Waals surface area contributed by atoms with Crippen LogP contribution in [0.25, 0.3) is 22.9 Å². The molecule has 4 heteroatoms. The van der Waals surface area contributed by atoms with Crippen LogP contribution in [0.1, 0.15) is 22.4 Å². The Morgan fingerprint density at radius 2 is 1.91 bits per heavy atom. The van der Waals surface area contributed by atoms with Crippen molar-refractivity contribution in [2.24, 2.45) is 0 Å². The van der Waals surface area contributed by atoms with Gasteiger partial charge in [0.15, 0.2) is 0 Å². The predicted molar refractivity (Wildman–Crippen MR) is 87.2 cm³/mol. The highest BCUT2D eigenvalue weighted by molar-refractivity contribution is 5.85. The molecule has 22 heavy (non-hydrogen) atoms. The first-order chi connectivity index (χ1) is 10.7. The molecule has 0 spiro atoms. The van der Waals surface area contributed by atoms with E-state index in [0.717, 1.165) is 10.9 Å². The smallest absolute Gasteiger partial charge is 0.267 e. The molecule has 0 aliphatic carbocycles. The number of rotatable bonds is 2. The Labute approximate surface area is 127 Å². The van der Waals surface area contributed by atoms with Crippen LogP contribution in [0.4, 0.5) is 0 Å². The molecule has 0 fully saturated rings. The molecule has 1 N–H and O–H groups in total. The Bertz CT molecular complexity index is 978. The van der Waals surface area contributed by atoms with Gasteiger partial charge in [-0.15, -0.1) is 0 Å². The fraction of sp³-hybridized carbons (Fsp3) is 0.0556. The van der Waals surface area contributed by atoms with E-state index in [1.807, 2.05) is 30.3 Å². The monoisotopic (exact) mass is 287 g/mol. The number of nitrogens with zero attached hydrogens (tertiary/aromatic N) is 2. The molecular formula is C18H13N3O. The van der Waals surface area contributed by atoms with Crippen molar-refractivity contribution in [2.45, 2.75) is 6.92 Å². The van der Waals surface area contributed by atoms with Gasteiger partial charge in [-0.1, -0.05) is 42.5 Å². The number of hydrogen-bond donors (Lipinski definition) is 1. The zero-order valence-corrected chi connectivity index (χ0v) is 12.0. The molecule has 2 aromatic carbocycles. The van der Waals surface area contributed by atoms with E-state index < -0.39 is 5.56 Å². The van der Waals surface area contributed by atoms with Crippen LogP contribution in [-0.2, 0) is 0 Å². The summed E-state index contributed by atoms with van der Waals surface area (Å²) in [5, 5.41) is 17.7. The van der Waals surface area contributed by atoms with Crippen molar-refractivity contribution in [3.05, 3.63) is 75.2 Å². The molecule has 3 aromatic rings. The first-order valence-electron chi connectivity index (χ1n) is 6.85. The van der Waals surface area contributed by atoms with Gasteiger partial charge in [0, 0.05) is 0 Å². The summed E-state index contributed by atoms with van der Waals surface area (Å²) in [7, 11) is 0. The topological polar surface area (TPSA) is 69.5 Å². The number of nitriles is 1. The Morgan fingerprint density at radius 1 is 1.14 bits per heavy atom. The summed E-state index contributed by atoms with van der Waals surface area (Å²) in [6.07, 6.45) is 3.72.